The lowest BCUT2D eigenvalue weighted by atomic mass is 9.74. The van der Waals surface area contributed by atoms with Gasteiger partial charge in [0.15, 0.2) is 0 Å². The molecular formula is C30H43N3O12. The average molecular weight is 638 g/mol. The highest BCUT2D eigenvalue weighted by Crippen LogP contribution is 2.48. The zero-order chi connectivity index (χ0) is 33.5. The number of methoxy groups -OCH3 is 3. The van der Waals surface area contributed by atoms with Gasteiger partial charge in [0.25, 0.3) is 0 Å². The number of phenolic OH excluding ortho intramolecular Hbond substituents is 1. The van der Waals surface area contributed by atoms with Gasteiger partial charge in [0.05, 0.1) is 58.2 Å². The van der Waals surface area contributed by atoms with E-state index in [2.05, 4.69) is 5.32 Å². The molecule has 15 heteroatoms. The lowest BCUT2D eigenvalue weighted by Gasteiger charge is -2.53. The molecule has 0 aromatic heterocycles. The number of piperidine rings is 1. The van der Waals surface area contributed by atoms with Crippen molar-refractivity contribution in [1.29, 1.82) is 0 Å². The molecule has 1 aliphatic rings. The molecule has 3 rings (SSSR count). The van der Waals surface area contributed by atoms with Crippen LogP contribution in [0.3, 0.4) is 0 Å². The van der Waals surface area contributed by atoms with Gasteiger partial charge in [-0.1, -0.05) is 25.5 Å². The first-order valence-electron chi connectivity index (χ1n) is 14.3. The van der Waals surface area contributed by atoms with Gasteiger partial charge in [-0.25, -0.2) is 4.79 Å². The molecule has 0 bridgehead atoms. The largest absolute Gasteiger partial charge is 0.508 e. The number of hydrogen-bond acceptors (Lipinski definition) is 14. The molecule has 1 amide bonds. The first-order chi connectivity index (χ1) is 21.4. The number of aliphatic hydroxyl groups is 4. The van der Waals surface area contributed by atoms with E-state index in [1.165, 1.54) is 45.6 Å². The smallest absolute Gasteiger partial charge is 0.330 e. The van der Waals surface area contributed by atoms with Crippen molar-refractivity contribution >= 4 is 11.9 Å². The van der Waals surface area contributed by atoms with Gasteiger partial charge in [-0.05, 0) is 30.5 Å². The fraction of sp³-hybridized carbons (Fsp3) is 0.533. The molecule has 0 radical (unpaired) electrons. The molecule has 1 fully saturated rings. The second-order valence-corrected chi connectivity index (χ2v) is 10.8. The Kier molecular flexibility index (Phi) is 12.3. The van der Waals surface area contributed by atoms with E-state index in [1.807, 2.05) is 6.92 Å². The Labute approximate surface area is 260 Å². The first-order valence-corrected chi connectivity index (χ1v) is 14.3. The van der Waals surface area contributed by atoms with Gasteiger partial charge < -0.3 is 60.7 Å². The van der Waals surface area contributed by atoms with E-state index < -0.39 is 60.5 Å². The number of hydroxylamine groups is 2. The van der Waals surface area contributed by atoms with Crippen LogP contribution in [0, 0.1) is 0 Å². The number of aliphatic hydroxyl groups excluding tert-OH is 3. The van der Waals surface area contributed by atoms with Crippen LogP contribution in [-0.2, 0) is 20.7 Å². The van der Waals surface area contributed by atoms with E-state index in [0.717, 1.165) is 0 Å². The summed E-state index contributed by atoms with van der Waals surface area (Å²) in [4.78, 5) is 26.8. The Morgan fingerprint density at radius 2 is 1.64 bits per heavy atom. The second-order valence-electron chi connectivity index (χ2n) is 10.8. The maximum atomic E-state index is 13.5. The van der Waals surface area contributed by atoms with Crippen molar-refractivity contribution < 1.29 is 59.3 Å². The number of nitrogens with zero attached hydrogens (tertiary/aromatic N) is 1. The Hall–Kier alpha value is -3.70. The monoisotopic (exact) mass is 637 g/mol. The van der Waals surface area contributed by atoms with Gasteiger partial charge in [-0.2, -0.15) is 5.06 Å². The molecule has 2 aromatic carbocycles. The molecule has 1 heterocycles. The lowest BCUT2D eigenvalue weighted by Crippen LogP contribution is -2.75. The summed E-state index contributed by atoms with van der Waals surface area (Å²) in [5, 5.41) is 68.5. The van der Waals surface area contributed by atoms with Crippen molar-refractivity contribution in [3.63, 3.8) is 0 Å². The number of esters is 1. The molecular weight excluding hydrogens is 594 g/mol. The maximum Gasteiger partial charge on any atom is 0.330 e. The summed E-state index contributed by atoms with van der Waals surface area (Å²) in [5.41, 5.74) is 3.95. The van der Waals surface area contributed by atoms with Crippen LogP contribution in [0.1, 0.15) is 36.9 Å². The van der Waals surface area contributed by atoms with Crippen molar-refractivity contribution in [2.45, 2.75) is 68.2 Å². The Bertz CT molecular complexity index is 1270. The summed E-state index contributed by atoms with van der Waals surface area (Å²) in [6.45, 7) is 0.577. The number of ether oxygens (including phenoxy) is 4. The lowest BCUT2D eigenvalue weighted by molar-refractivity contribution is -0.309. The first kappa shape index (κ1) is 35.8. The van der Waals surface area contributed by atoms with Gasteiger partial charge in [0.2, 0.25) is 5.91 Å². The molecule has 0 saturated carbocycles. The molecule has 2 aromatic rings. The third kappa shape index (κ3) is 7.58. The highest BCUT2D eigenvalue weighted by molar-refractivity contribution is 5.88. The third-order valence-electron chi connectivity index (χ3n) is 7.90. The fourth-order valence-corrected chi connectivity index (χ4v) is 5.28. The minimum Gasteiger partial charge on any atom is -0.508 e. The normalized spacial score (nSPS) is 24.8. The van der Waals surface area contributed by atoms with Crippen molar-refractivity contribution in [3.8, 4) is 23.0 Å². The number of carbonyl (C=O) groups excluding carboxylic acids is 2. The van der Waals surface area contributed by atoms with Crippen LogP contribution < -0.4 is 25.3 Å². The SMILES string of the molecule is CCCCOC(=O)[C@@H](NC(=O)[C@@H](N)Cc1ccc(O)cc1)[C@H]1[C@H](O)[C@](O)(CO)[C@@H](O)[C@H](c2c(OC)cc(OC)cc2OC)N1O. The summed E-state index contributed by atoms with van der Waals surface area (Å²) in [6.07, 6.45) is -3.21. The van der Waals surface area contributed by atoms with E-state index in [0.29, 0.717) is 23.5 Å². The number of nitrogens with one attached hydrogen (secondary N) is 1. The van der Waals surface area contributed by atoms with Crippen LogP contribution in [0.2, 0.25) is 0 Å². The van der Waals surface area contributed by atoms with Gasteiger partial charge in [-0.3, -0.25) is 4.79 Å². The Balaban J connectivity index is 2.10. The van der Waals surface area contributed by atoms with Crippen molar-refractivity contribution in [2.24, 2.45) is 5.73 Å². The van der Waals surface area contributed by atoms with E-state index in [-0.39, 0.29) is 41.6 Å². The zero-order valence-electron chi connectivity index (χ0n) is 25.6. The van der Waals surface area contributed by atoms with Gasteiger partial charge in [-0.15, -0.1) is 0 Å². The average Bonchev–Trinajstić information content (AvgIpc) is 3.04. The number of aromatic hydroxyl groups is 1. The molecule has 15 nitrogen and oxygen atoms in total. The highest BCUT2D eigenvalue weighted by atomic mass is 16.5. The summed E-state index contributed by atoms with van der Waals surface area (Å²) in [7, 11) is 3.98. The van der Waals surface area contributed by atoms with E-state index in [1.54, 1.807) is 12.1 Å². The van der Waals surface area contributed by atoms with Crippen LogP contribution in [0.25, 0.3) is 0 Å². The third-order valence-corrected chi connectivity index (χ3v) is 7.90. The van der Waals surface area contributed by atoms with Crippen molar-refractivity contribution in [2.75, 3.05) is 34.5 Å². The quantitative estimate of drug-likeness (QED) is 0.0953. The Morgan fingerprint density at radius 1 is 1.04 bits per heavy atom. The predicted molar refractivity (Wildman–Crippen MR) is 158 cm³/mol. The van der Waals surface area contributed by atoms with Crippen molar-refractivity contribution in [3.05, 3.63) is 47.5 Å². The summed E-state index contributed by atoms with van der Waals surface area (Å²) >= 11 is 0. The van der Waals surface area contributed by atoms with Crippen molar-refractivity contribution in [1.82, 2.24) is 10.4 Å². The molecule has 0 spiro atoms. The van der Waals surface area contributed by atoms with Crippen LogP contribution in [0.15, 0.2) is 36.4 Å². The molecule has 45 heavy (non-hydrogen) atoms. The highest BCUT2D eigenvalue weighted by Gasteiger charge is 2.61. The molecule has 7 atom stereocenters. The number of unbranched alkanes of at least 4 members (excludes halogenated alkanes) is 1. The molecule has 0 aliphatic carbocycles. The second kappa shape index (κ2) is 15.5. The van der Waals surface area contributed by atoms with Crippen LogP contribution in [0.5, 0.6) is 23.0 Å². The number of carbonyl (C=O) groups is 2. The predicted octanol–water partition coefficient (Wildman–Crippen LogP) is -0.624. The molecule has 0 unspecified atom stereocenters. The zero-order valence-corrected chi connectivity index (χ0v) is 25.6. The van der Waals surface area contributed by atoms with E-state index >= 15 is 0 Å². The minimum atomic E-state index is -2.74. The Morgan fingerprint density at radius 3 is 2.16 bits per heavy atom. The number of phenols is 1. The minimum absolute atomic E-state index is 0.0120. The van der Waals surface area contributed by atoms with Crippen LogP contribution in [0.4, 0.5) is 0 Å². The van der Waals surface area contributed by atoms with E-state index in [4.69, 9.17) is 24.7 Å². The summed E-state index contributed by atoms with van der Waals surface area (Å²) < 4.78 is 21.6. The van der Waals surface area contributed by atoms with Crippen LogP contribution >= 0.6 is 0 Å². The fourth-order valence-electron chi connectivity index (χ4n) is 5.28. The molecule has 250 valence electrons. The molecule has 1 saturated heterocycles. The number of hydrogen-bond donors (Lipinski definition) is 8. The standard InChI is InChI=1S/C30H43N3O12/c1-5-6-11-45-29(39)23(32-28(38)19(31)12-16-7-9-17(35)10-8-16)25-27(37)30(40,15-34)26(36)24(33(25)41)22-20(43-3)13-18(42-2)14-21(22)44-4/h7-10,13-14,19,23-27,34-37,40-41H,5-6,11-12,15,31H2,1-4H3,(H,32,38)/t19-,23-,24-,25-,26-,27-,30-/m0/s1. The number of nitrogens with two attached hydrogens (primary N) is 1. The summed E-state index contributed by atoms with van der Waals surface area (Å²) in [5.74, 6) is -1.63. The van der Waals surface area contributed by atoms with Gasteiger partial charge >= 0.3 is 5.97 Å². The maximum absolute atomic E-state index is 13.5. The molecule has 1 aliphatic heterocycles. The number of benzene rings is 2. The number of amides is 1. The van der Waals surface area contributed by atoms with Crippen LogP contribution in [-0.4, -0.2) is 118 Å². The van der Waals surface area contributed by atoms with Gasteiger partial charge in [0.1, 0.15) is 46.8 Å². The molecule has 9 N–H and O–H groups in total. The topological polar surface area (TPSA) is 234 Å². The summed E-state index contributed by atoms with van der Waals surface area (Å²) in [6, 6.07) is 2.04. The number of rotatable bonds is 14. The van der Waals surface area contributed by atoms with E-state index in [9.17, 15) is 40.3 Å². The van der Waals surface area contributed by atoms with Gasteiger partial charge in [0, 0.05) is 12.1 Å².